The number of piperidine rings is 1. The lowest BCUT2D eigenvalue weighted by atomic mass is 9.90. The van der Waals surface area contributed by atoms with Crippen molar-refractivity contribution in [3.63, 3.8) is 0 Å². The molecule has 3 rings (SSSR count). The van der Waals surface area contributed by atoms with Gasteiger partial charge in [0, 0.05) is 37.2 Å². The Balaban J connectivity index is 1.97. The molecule has 0 aliphatic carbocycles. The fourth-order valence-corrected chi connectivity index (χ4v) is 3.76. The van der Waals surface area contributed by atoms with E-state index in [2.05, 4.69) is 0 Å². The lowest BCUT2D eigenvalue weighted by Gasteiger charge is -2.32. The Morgan fingerprint density at radius 3 is 2.54 bits per heavy atom. The molecule has 1 amide bonds. The zero-order valence-corrected chi connectivity index (χ0v) is 15.7. The van der Waals surface area contributed by atoms with E-state index in [4.69, 9.17) is 9.15 Å². The number of carbonyl (C=O) groups excluding carboxylic acids is 1. The molecule has 2 heterocycles. The fourth-order valence-electron chi connectivity index (χ4n) is 3.76. The highest BCUT2D eigenvalue weighted by Crippen LogP contribution is 2.34. The molecule has 6 heteroatoms. The Morgan fingerprint density at radius 2 is 1.92 bits per heavy atom. The number of hydrogen-bond acceptors (Lipinski definition) is 5. The topological polar surface area (TPSA) is 80.0 Å². The summed E-state index contributed by atoms with van der Waals surface area (Å²) < 4.78 is 11.1. The second-order valence-electron chi connectivity index (χ2n) is 7.05. The van der Waals surface area contributed by atoms with E-state index in [-0.39, 0.29) is 29.6 Å². The molecule has 2 aromatic rings. The number of hydrogen-bond donors (Lipinski definition) is 1. The van der Waals surface area contributed by atoms with Crippen molar-refractivity contribution >= 4 is 16.9 Å². The summed E-state index contributed by atoms with van der Waals surface area (Å²) in [7, 11) is 1.51. The Labute approximate surface area is 152 Å². The number of aromatic hydroxyl groups is 1. The van der Waals surface area contributed by atoms with Crippen molar-refractivity contribution in [2.75, 3.05) is 26.8 Å². The number of likely N-dealkylation sites (tertiary alicyclic amines) is 1. The average molecular weight is 359 g/mol. The standard InChI is InChI=1S/C20H25NO5/c1-11-9-15(22)12(2)20-17(11)18(24)13(3)19(26-20)14-5-7-21(8-6-14)16(23)10-25-4/h9,14,22H,5-8,10H2,1-4H3. The third-order valence-electron chi connectivity index (χ3n) is 5.33. The molecule has 0 saturated carbocycles. The lowest BCUT2D eigenvalue weighted by molar-refractivity contribution is -0.136. The molecule has 1 N–H and O–H groups in total. The Bertz CT molecular complexity index is 907. The van der Waals surface area contributed by atoms with Crippen molar-refractivity contribution in [1.29, 1.82) is 0 Å². The van der Waals surface area contributed by atoms with Crippen LogP contribution in [0.25, 0.3) is 11.0 Å². The molecule has 1 aromatic heterocycles. The first-order chi connectivity index (χ1) is 12.3. The predicted octanol–water partition coefficient (Wildman–Crippen LogP) is 2.78. The van der Waals surface area contributed by atoms with Crippen molar-refractivity contribution in [2.45, 2.75) is 39.5 Å². The summed E-state index contributed by atoms with van der Waals surface area (Å²) in [6, 6.07) is 1.60. The molecule has 0 unspecified atom stereocenters. The number of rotatable bonds is 3. The number of phenols is 1. The summed E-state index contributed by atoms with van der Waals surface area (Å²) in [6.45, 7) is 6.68. The number of carbonyl (C=O) groups is 1. The van der Waals surface area contributed by atoms with Gasteiger partial charge in [-0.15, -0.1) is 0 Å². The van der Waals surface area contributed by atoms with Gasteiger partial charge in [0.2, 0.25) is 5.91 Å². The molecule has 26 heavy (non-hydrogen) atoms. The van der Waals surface area contributed by atoms with Crippen LogP contribution in [0, 0.1) is 20.8 Å². The van der Waals surface area contributed by atoms with Gasteiger partial charge in [0.25, 0.3) is 0 Å². The molecule has 1 aromatic carbocycles. The Kier molecular flexibility index (Phi) is 5.05. The number of fused-ring (bicyclic) bond motifs is 1. The van der Waals surface area contributed by atoms with Crippen LogP contribution in [0.4, 0.5) is 0 Å². The van der Waals surface area contributed by atoms with Crippen LogP contribution in [0.1, 0.15) is 41.2 Å². The second kappa shape index (κ2) is 7.11. The van der Waals surface area contributed by atoms with Crippen LogP contribution >= 0.6 is 0 Å². The molecule has 0 spiro atoms. The zero-order valence-electron chi connectivity index (χ0n) is 15.7. The van der Waals surface area contributed by atoms with Crippen molar-refractivity contribution in [2.24, 2.45) is 0 Å². The maximum Gasteiger partial charge on any atom is 0.248 e. The highest BCUT2D eigenvalue weighted by molar-refractivity contribution is 5.85. The monoisotopic (exact) mass is 359 g/mol. The van der Waals surface area contributed by atoms with Gasteiger partial charge in [-0.3, -0.25) is 9.59 Å². The molecule has 1 saturated heterocycles. The molecule has 0 atom stereocenters. The first-order valence-electron chi connectivity index (χ1n) is 8.88. The third-order valence-corrected chi connectivity index (χ3v) is 5.33. The Morgan fingerprint density at radius 1 is 1.27 bits per heavy atom. The molecule has 1 aliphatic heterocycles. The van der Waals surface area contributed by atoms with Crippen molar-refractivity contribution in [3.8, 4) is 5.75 Å². The Hall–Kier alpha value is -2.34. The van der Waals surface area contributed by atoms with E-state index in [0.717, 1.165) is 12.8 Å². The first-order valence-corrected chi connectivity index (χ1v) is 8.88. The van der Waals surface area contributed by atoms with Gasteiger partial charge in [-0.05, 0) is 45.2 Å². The molecule has 1 fully saturated rings. The van der Waals surface area contributed by atoms with Gasteiger partial charge in [0.1, 0.15) is 23.7 Å². The van der Waals surface area contributed by atoms with Gasteiger partial charge >= 0.3 is 0 Å². The number of nitrogens with zero attached hydrogens (tertiary/aromatic N) is 1. The van der Waals surface area contributed by atoms with Gasteiger partial charge in [-0.1, -0.05) is 0 Å². The summed E-state index contributed by atoms with van der Waals surface area (Å²) in [5.41, 5.74) is 2.33. The third kappa shape index (κ3) is 3.09. The predicted molar refractivity (Wildman–Crippen MR) is 98.8 cm³/mol. The van der Waals surface area contributed by atoms with E-state index in [1.54, 1.807) is 31.7 Å². The van der Waals surface area contributed by atoms with Gasteiger partial charge in [0.05, 0.1) is 5.39 Å². The number of phenolic OH excluding ortho intramolecular Hbond substituents is 1. The number of methoxy groups -OCH3 is 1. The van der Waals surface area contributed by atoms with Gasteiger partial charge in [-0.25, -0.2) is 0 Å². The maximum absolute atomic E-state index is 12.9. The minimum atomic E-state index is -0.0419. The van der Waals surface area contributed by atoms with E-state index in [1.165, 1.54) is 7.11 Å². The van der Waals surface area contributed by atoms with E-state index in [1.807, 2.05) is 0 Å². The normalized spacial score (nSPS) is 15.6. The highest BCUT2D eigenvalue weighted by atomic mass is 16.5. The van der Waals surface area contributed by atoms with Crippen LogP contribution in [0.5, 0.6) is 5.75 Å². The van der Waals surface area contributed by atoms with Crippen LogP contribution in [0.15, 0.2) is 15.3 Å². The van der Waals surface area contributed by atoms with Crippen molar-refractivity contribution < 1.29 is 19.1 Å². The van der Waals surface area contributed by atoms with E-state index < -0.39 is 0 Å². The zero-order chi connectivity index (χ0) is 19.0. The fraction of sp³-hybridized carbons (Fsp3) is 0.500. The van der Waals surface area contributed by atoms with Crippen LogP contribution in [-0.2, 0) is 9.53 Å². The highest BCUT2D eigenvalue weighted by Gasteiger charge is 2.28. The molecular formula is C20H25NO5. The lowest BCUT2D eigenvalue weighted by Crippen LogP contribution is -2.40. The molecule has 0 radical (unpaired) electrons. The van der Waals surface area contributed by atoms with Gasteiger partial charge in [0.15, 0.2) is 5.43 Å². The summed E-state index contributed by atoms with van der Waals surface area (Å²) in [5, 5.41) is 10.6. The van der Waals surface area contributed by atoms with Crippen LogP contribution in [0.3, 0.4) is 0 Å². The quantitative estimate of drug-likeness (QED) is 0.911. The average Bonchev–Trinajstić information content (AvgIpc) is 2.62. The molecule has 140 valence electrons. The number of amides is 1. The first kappa shape index (κ1) is 18.5. The second-order valence-corrected chi connectivity index (χ2v) is 7.05. The van der Waals surface area contributed by atoms with E-state index in [9.17, 15) is 14.7 Å². The minimum Gasteiger partial charge on any atom is -0.508 e. The largest absolute Gasteiger partial charge is 0.508 e. The smallest absolute Gasteiger partial charge is 0.248 e. The molecule has 1 aliphatic rings. The van der Waals surface area contributed by atoms with Crippen LogP contribution in [-0.4, -0.2) is 42.7 Å². The molecular weight excluding hydrogens is 334 g/mol. The number of ether oxygens (including phenoxy) is 1. The maximum atomic E-state index is 12.9. The van der Waals surface area contributed by atoms with E-state index >= 15 is 0 Å². The SMILES string of the molecule is COCC(=O)N1CCC(c2oc3c(C)c(O)cc(C)c3c(=O)c2C)CC1. The van der Waals surface area contributed by atoms with Crippen molar-refractivity contribution in [3.05, 3.63) is 38.7 Å². The van der Waals surface area contributed by atoms with Gasteiger partial charge < -0.3 is 19.2 Å². The van der Waals surface area contributed by atoms with E-state index in [0.29, 0.717) is 46.5 Å². The number of aryl methyl sites for hydroxylation is 2. The van der Waals surface area contributed by atoms with Crippen LogP contribution < -0.4 is 5.43 Å². The van der Waals surface area contributed by atoms with Crippen LogP contribution in [0.2, 0.25) is 0 Å². The summed E-state index contributed by atoms with van der Waals surface area (Å²) in [6.07, 6.45) is 1.48. The molecule has 0 bridgehead atoms. The summed E-state index contributed by atoms with van der Waals surface area (Å²) in [4.78, 5) is 26.7. The molecule has 6 nitrogen and oxygen atoms in total. The summed E-state index contributed by atoms with van der Waals surface area (Å²) >= 11 is 0. The number of benzene rings is 1. The van der Waals surface area contributed by atoms with Crippen molar-refractivity contribution in [1.82, 2.24) is 4.90 Å². The summed E-state index contributed by atoms with van der Waals surface area (Å²) in [5.74, 6) is 0.877. The minimum absolute atomic E-state index is 0.0148. The van der Waals surface area contributed by atoms with Gasteiger partial charge in [-0.2, -0.15) is 0 Å².